The third-order valence-corrected chi connectivity index (χ3v) is 3.89. The fraction of sp³-hybridized carbons (Fsp3) is 0.211. The van der Waals surface area contributed by atoms with Crippen molar-refractivity contribution in [3.63, 3.8) is 0 Å². The van der Waals surface area contributed by atoms with Gasteiger partial charge in [0.15, 0.2) is 0 Å². The van der Waals surface area contributed by atoms with Gasteiger partial charge >= 0.3 is 0 Å². The summed E-state index contributed by atoms with van der Waals surface area (Å²) in [7, 11) is 0. The molecular weight excluding hydrogens is 344 g/mol. The summed E-state index contributed by atoms with van der Waals surface area (Å²) < 4.78 is 0. The first kappa shape index (κ1) is 18.2. The topological polar surface area (TPSA) is 102 Å². The van der Waals surface area contributed by atoms with E-state index in [-0.39, 0.29) is 24.9 Å². The molecule has 1 heterocycles. The fourth-order valence-corrected chi connectivity index (χ4v) is 2.52. The van der Waals surface area contributed by atoms with Crippen LogP contribution in [0.1, 0.15) is 12.5 Å². The Morgan fingerprint density at radius 1 is 1.00 bits per heavy atom. The van der Waals surface area contributed by atoms with E-state index in [1.54, 1.807) is 0 Å². The number of para-hydroxylation sites is 1. The van der Waals surface area contributed by atoms with Crippen molar-refractivity contribution in [3.8, 4) is 11.4 Å². The van der Waals surface area contributed by atoms with E-state index in [1.165, 1.54) is 4.80 Å². The monoisotopic (exact) mass is 364 g/mol. The third-order valence-electron chi connectivity index (χ3n) is 3.89. The van der Waals surface area contributed by atoms with E-state index in [9.17, 15) is 9.59 Å². The second-order valence-electron chi connectivity index (χ2n) is 5.85. The summed E-state index contributed by atoms with van der Waals surface area (Å²) in [6, 6.07) is 16.9. The number of carbonyl (C=O) groups is 2. The highest BCUT2D eigenvalue weighted by atomic mass is 16.2. The minimum Gasteiger partial charge on any atom is -0.345 e. The molecule has 8 nitrogen and oxygen atoms in total. The number of hydrogen-bond donors (Lipinski definition) is 2. The Labute approximate surface area is 156 Å². The van der Waals surface area contributed by atoms with Crippen molar-refractivity contribution in [2.45, 2.75) is 19.9 Å². The van der Waals surface area contributed by atoms with Crippen molar-refractivity contribution in [2.75, 3.05) is 11.9 Å². The maximum absolute atomic E-state index is 12.1. The van der Waals surface area contributed by atoms with Crippen molar-refractivity contribution in [3.05, 3.63) is 60.2 Å². The third kappa shape index (κ3) is 4.97. The Morgan fingerprint density at radius 2 is 1.74 bits per heavy atom. The second-order valence-corrected chi connectivity index (χ2v) is 5.85. The van der Waals surface area contributed by atoms with Gasteiger partial charge in [-0.1, -0.05) is 55.5 Å². The summed E-state index contributed by atoms with van der Waals surface area (Å²) in [4.78, 5) is 25.3. The zero-order valence-corrected chi connectivity index (χ0v) is 14.9. The van der Waals surface area contributed by atoms with Crippen LogP contribution in [0.25, 0.3) is 11.4 Å². The van der Waals surface area contributed by atoms with E-state index in [0.29, 0.717) is 5.82 Å². The van der Waals surface area contributed by atoms with Gasteiger partial charge in [-0.3, -0.25) is 9.59 Å². The van der Waals surface area contributed by atoms with Crippen LogP contribution in [0.4, 0.5) is 5.69 Å². The summed E-state index contributed by atoms with van der Waals surface area (Å²) in [5.74, 6) is -0.218. The quantitative estimate of drug-likeness (QED) is 0.664. The van der Waals surface area contributed by atoms with E-state index >= 15 is 0 Å². The molecule has 0 aliphatic heterocycles. The molecule has 1 aromatic heterocycles. The van der Waals surface area contributed by atoms with Gasteiger partial charge in [0.25, 0.3) is 0 Å². The van der Waals surface area contributed by atoms with Gasteiger partial charge in [-0.2, -0.15) is 4.80 Å². The first-order chi connectivity index (χ1) is 13.2. The predicted octanol–water partition coefficient (Wildman–Crippen LogP) is 1.66. The maximum Gasteiger partial charge on any atom is 0.244 e. The van der Waals surface area contributed by atoms with Crippen molar-refractivity contribution < 1.29 is 9.59 Å². The number of hydrogen-bond acceptors (Lipinski definition) is 5. The SMILES string of the molecule is CCc1ccccc1NC(=O)CNC(=O)Cn1nnc(-c2ccccc2)n1. The highest BCUT2D eigenvalue weighted by Gasteiger charge is 2.11. The van der Waals surface area contributed by atoms with Crippen LogP contribution in [-0.4, -0.2) is 38.6 Å². The zero-order chi connectivity index (χ0) is 19.1. The Hall–Kier alpha value is -3.55. The van der Waals surface area contributed by atoms with Crippen LogP contribution in [0.2, 0.25) is 0 Å². The molecule has 0 atom stereocenters. The molecule has 2 N–H and O–H groups in total. The minimum absolute atomic E-state index is 0.112. The molecule has 0 saturated carbocycles. The first-order valence-corrected chi connectivity index (χ1v) is 8.63. The van der Waals surface area contributed by atoms with E-state index in [0.717, 1.165) is 23.2 Å². The van der Waals surface area contributed by atoms with Gasteiger partial charge in [0.1, 0.15) is 6.54 Å². The molecule has 0 fully saturated rings. The lowest BCUT2D eigenvalue weighted by Crippen LogP contribution is -2.35. The molecule has 0 unspecified atom stereocenters. The molecule has 0 aliphatic rings. The van der Waals surface area contributed by atoms with Crippen LogP contribution in [0, 0.1) is 0 Å². The van der Waals surface area contributed by atoms with Crippen LogP contribution in [0.3, 0.4) is 0 Å². The maximum atomic E-state index is 12.1. The molecule has 0 bridgehead atoms. The molecule has 2 aromatic carbocycles. The van der Waals surface area contributed by atoms with E-state index in [4.69, 9.17) is 0 Å². The molecule has 27 heavy (non-hydrogen) atoms. The first-order valence-electron chi connectivity index (χ1n) is 8.63. The lowest BCUT2D eigenvalue weighted by atomic mass is 10.1. The highest BCUT2D eigenvalue weighted by Crippen LogP contribution is 2.15. The van der Waals surface area contributed by atoms with Gasteiger partial charge in [-0.05, 0) is 23.3 Å². The van der Waals surface area contributed by atoms with Crippen LogP contribution >= 0.6 is 0 Å². The van der Waals surface area contributed by atoms with Gasteiger partial charge in [-0.15, -0.1) is 10.2 Å². The number of carbonyl (C=O) groups excluding carboxylic acids is 2. The second kappa shape index (κ2) is 8.70. The Bertz CT molecular complexity index is 923. The van der Waals surface area contributed by atoms with E-state index in [1.807, 2.05) is 61.5 Å². The molecular formula is C19H20N6O2. The van der Waals surface area contributed by atoms with Crippen molar-refractivity contribution >= 4 is 17.5 Å². The van der Waals surface area contributed by atoms with Crippen molar-refractivity contribution in [1.29, 1.82) is 0 Å². The summed E-state index contributed by atoms with van der Waals surface area (Å²) in [6.07, 6.45) is 0.810. The average molecular weight is 364 g/mol. The standard InChI is InChI=1S/C19H20N6O2/c1-2-14-8-6-7-11-16(14)21-17(26)12-20-18(27)13-25-23-19(22-24-25)15-9-4-3-5-10-15/h3-11H,2,12-13H2,1H3,(H,20,27)(H,21,26). The normalized spacial score (nSPS) is 10.4. The summed E-state index contributed by atoms with van der Waals surface area (Å²) in [5.41, 5.74) is 2.61. The van der Waals surface area contributed by atoms with Crippen molar-refractivity contribution in [1.82, 2.24) is 25.5 Å². The number of nitrogens with one attached hydrogen (secondary N) is 2. The van der Waals surface area contributed by atoms with Crippen LogP contribution in [0.15, 0.2) is 54.6 Å². The number of nitrogens with zero attached hydrogens (tertiary/aromatic N) is 4. The zero-order valence-electron chi connectivity index (χ0n) is 14.9. The smallest absolute Gasteiger partial charge is 0.244 e. The van der Waals surface area contributed by atoms with Crippen molar-refractivity contribution in [2.24, 2.45) is 0 Å². The Kier molecular flexibility index (Phi) is 5.88. The van der Waals surface area contributed by atoms with Crippen LogP contribution in [-0.2, 0) is 22.6 Å². The molecule has 8 heteroatoms. The lowest BCUT2D eigenvalue weighted by Gasteiger charge is -2.10. The number of amides is 2. The van der Waals surface area contributed by atoms with Gasteiger partial charge in [-0.25, -0.2) is 0 Å². The number of benzene rings is 2. The number of anilines is 1. The summed E-state index contributed by atoms with van der Waals surface area (Å²) >= 11 is 0. The van der Waals surface area contributed by atoms with Gasteiger partial charge in [0.05, 0.1) is 6.54 Å². The van der Waals surface area contributed by atoms with E-state index < -0.39 is 0 Å². The molecule has 0 saturated heterocycles. The molecule has 3 aromatic rings. The highest BCUT2D eigenvalue weighted by molar-refractivity contribution is 5.95. The molecule has 0 spiro atoms. The van der Waals surface area contributed by atoms with Crippen LogP contribution in [0.5, 0.6) is 0 Å². The summed E-state index contributed by atoms with van der Waals surface area (Å²) in [6.45, 7) is 1.78. The lowest BCUT2D eigenvalue weighted by molar-refractivity contribution is -0.124. The number of aryl methyl sites for hydroxylation is 1. The summed E-state index contributed by atoms with van der Waals surface area (Å²) in [5, 5.41) is 17.3. The number of tetrazole rings is 1. The fourth-order valence-electron chi connectivity index (χ4n) is 2.52. The predicted molar refractivity (Wildman–Crippen MR) is 101 cm³/mol. The van der Waals surface area contributed by atoms with Gasteiger partial charge < -0.3 is 10.6 Å². The molecule has 3 rings (SSSR count). The number of rotatable bonds is 7. The number of aromatic nitrogens is 4. The molecule has 0 aliphatic carbocycles. The largest absolute Gasteiger partial charge is 0.345 e. The van der Waals surface area contributed by atoms with Crippen LogP contribution < -0.4 is 10.6 Å². The molecule has 0 radical (unpaired) electrons. The van der Waals surface area contributed by atoms with E-state index in [2.05, 4.69) is 26.0 Å². The Morgan fingerprint density at radius 3 is 2.52 bits per heavy atom. The van der Waals surface area contributed by atoms with Gasteiger partial charge in [0.2, 0.25) is 17.6 Å². The minimum atomic E-state index is -0.370. The molecule has 2 amide bonds. The van der Waals surface area contributed by atoms with Gasteiger partial charge in [0, 0.05) is 11.3 Å². The molecule has 138 valence electrons. The average Bonchev–Trinajstić information content (AvgIpc) is 3.16. The Balaban J connectivity index is 1.50.